The van der Waals surface area contributed by atoms with E-state index < -0.39 is 5.60 Å². The minimum absolute atomic E-state index is 0.0661. The van der Waals surface area contributed by atoms with Gasteiger partial charge in [0.25, 0.3) is 0 Å². The number of aliphatic hydroxyl groups is 1. The van der Waals surface area contributed by atoms with Gasteiger partial charge in [0.2, 0.25) is 0 Å². The van der Waals surface area contributed by atoms with Gasteiger partial charge < -0.3 is 24.2 Å². The Morgan fingerprint density at radius 2 is 1.88 bits per heavy atom. The molecule has 0 saturated heterocycles. The molecule has 1 atom stereocenters. The van der Waals surface area contributed by atoms with Crippen molar-refractivity contribution in [1.82, 2.24) is 4.90 Å². The molecule has 5 nitrogen and oxygen atoms in total. The van der Waals surface area contributed by atoms with Crippen molar-refractivity contribution in [1.29, 1.82) is 0 Å². The van der Waals surface area contributed by atoms with Crippen molar-refractivity contribution in [2.45, 2.75) is 49.9 Å². The summed E-state index contributed by atoms with van der Waals surface area (Å²) in [5, 5.41) is 11.5. The Balaban J connectivity index is 1.86. The number of methoxy groups -OCH3 is 2. The lowest BCUT2D eigenvalue weighted by molar-refractivity contribution is -0.0724. The average Bonchev–Trinajstić information content (AvgIpc) is 2.65. The summed E-state index contributed by atoms with van der Waals surface area (Å²) in [6.07, 6.45) is 5.27. The van der Waals surface area contributed by atoms with Gasteiger partial charge in [-0.05, 0) is 56.0 Å². The Labute approximate surface area is 156 Å². The molecule has 1 unspecified atom stereocenters. The first-order valence-electron chi connectivity index (χ1n) is 9.39. The molecule has 0 spiro atoms. The molecule has 0 radical (unpaired) electrons. The number of hydrogen-bond acceptors (Lipinski definition) is 5. The van der Waals surface area contributed by atoms with Crippen LogP contribution in [0.15, 0.2) is 24.8 Å². The van der Waals surface area contributed by atoms with E-state index in [4.69, 9.17) is 14.2 Å². The van der Waals surface area contributed by atoms with Crippen LogP contribution in [0.25, 0.3) is 0 Å². The Hall–Kier alpha value is -1.56. The molecule has 1 saturated carbocycles. The number of nitrogens with zero attached hydrogens (tertiary/aromatic N) is 1. The highest BCUT2D eigenvalue weighted by Crippen LogP contribution is 2.46. The summed E-state index contributed by atoms with van der Waals surface area (Å²) in [6.45, 7) is 5.99. The summed E-state index contributed by atoms with van der Waals surface area (Å²) in [5.74, 6) is 1.54. The van der Waals surface area contributed by atoms with Crippen molar-refractivity contribution in [3.63, 3.8) is 0 Å². The van der Waals surface area contributed by atoms with Crippen molar-refractivity contribution >= 4 is 0 Å². The molecule has 1 aliphatic heterocycles. The molecule has 1 N–H and O–H groups in total. The predicted molar refractivity (Wildman–Crippen MR) is 102 cm³/mol. The highest BCUT2D eigenvalue weighted by molar-refractivity contribution is 5.50. The maximum atomic E-state index is 11.5. The Morgan fingerprint density at radius 1 is 1.23 bits per heavy atom. The summed E-state index contributed by atoms with van der Waals surface area (Å²) in [7, 11) is 5.42. The molecule has 3 rings (SSSR count). The van der Waals surface area contributed by atoms with Gasteiger partial charge >= 0.3 is 0 Å². The van der Waals surface area contributed by atoms with Gasteiger partial charge in [0.15, 0.2) is 11.5 Å². The summed E-state index contributed by atoms with van der Waals surface area (Å²) < 4.78 is 16.8. The summed E-state index contributed by atoms with van der Waals surface area (Å²) in [5.41, 5.74) is 1.69. The predicted octanol–water partition coefficient (Wildman–Crippen LogP) is 3.11. The van der Waals surface area contributed by atoms with Crippen LogP contribution < -0.4 is 9.47 Å². The number of fused-ring (bicyclic) bond motifs is 1. The van der Waals surface area contributed by atoms with Gasteiger partial charge in [0.1, 0.15) is 0 Å². The molecular formula is C21H31NO4. The maximum Gasteiger partial charge on any atom is 0.161 e. The van der Waals surface area contributed by atoms with E-state index in [9.17, 15) is 5.11 Å². The van der Waals surface area contributed by atoms with Crippen LogP contribution in [0.1, 0.15) is 42.7 Å². The van der Waals surface area contributed by atoms with Crippen LogP contribution in [0.2, 0.25) is 0 Å². The van der Waals surface area contributed by atoms with Crippen molar-refractivity contribution in [2.24, 2.45) is 0 Å². The van der Waals surface area contributed by atoms with E-state index in [-0.39, 0.29) is 12.0 Å². The lowest BCUT2D eigenvalue weighted by atomic mass is 9.70. The second-order valence-electron chi connectivity index (χ2n) is 7.58. The van der Waals surface area contributed by atoms with Gasteiger partial charge in [-0.2, -0.15) is 0 Å². The van der Waals surface area contributed by atoms with Gasteiger partial charge in [0, 0.05) is 19.0 Å². The monoisotopic (exact) mass is 361 g/mol. The summed E-state index contributed by atoms with van der Waals surface area (Å²) in [6, 6.07) is 4.11. The molecule has 1 aromatic rings. The third kappa shape index (κ3) is 3.75. The number of benzene rings is 1. The standard InChI is InChI=1S/C21H31NO4/c1-5-10-26-16-6-8-21(23,9-7-16)18-14-22(2)13-15-11-19(24-3)20(25-4)12-17(15)18/h5,11-12,16,18,23H,1,6-10,13-14H2,2-4H3. The fourth-order valence-corrected chi connectivity index (χ4v) is 4.43. The zero-order valence-electron chi connectivity index (χ0n) is 16.2. The van der Waals surface area contributed by atoms with E-state index in [1.165, 1.54) is 11.1 Å². The number of hydrogen-bond donors (Lipinski definition) is 1. The lowest BCUT2D eigenvalue weighted by Gasteiger charge is -2.46. The third-order valence-corrected chi connectivity index (χ3v) is 5.85. The molecule has 1 aromatic carbocycles. The first kappa shape index (κ1) is 19.2. The van der Waals surface area contributed by atoms with Crippen LogP contribution in [0, 0.1) is 0 Å². The minimum atomic E-state index is -0.711. The first-order chi connectivity index (χ1) is 12.5. The van der Waals surface area contributed by atoms with Gasteiger partial charge in [-0.1, -0.05) is 6.08 Å². The highest BCUT2D eigenvalue weighted by Gasteiger charge is 2.44. The molecule has 1 heterocycles. The number of ether oxygens (including phenoxy) is 3. The quantitative estimate of drug-likeness (QED) is 0.789. The third-order valence-electron chi connectivity index (χ3n) is 5.85. The van der Waals surface area contributed by atoms with E-state index in [2.05, 4.69) is 30.7 Å². The number of rotatable bonds is 6. The zero-order valence-corrected chi connectivity index (χ0v) is 16.2. The van der Waals surface area contributed by atoms with Crippen LogP contribution in [-0.4, -0.2) is 56.1 Å². The van der Waals surface area contributed by atoms with E-state index in [1.807, 2.05) is 0 Å². The maximum absolute atomic E-state index is 11.5. The van der Waals surface area contributed by atoms with E-state index in [0.29, 0.717) is 6.61 Å². The van der Waals surface area contributed by atoms with Crippen LogP contribution in [0.5, 0.6) is 11.5 Å². The van der Waals surface area contributed by atoms with Crippen molar-refractivity contribution < 1.29 is 19.3 Å². The largest absolute Gasteiger partial charge is 0.493 e. The zero-order chi connectivity index (χ0) is 18.7. The first-order valence-corrected chi connectivity index (χ1v) is 9.39. The van der Waals surface area contributed by atoms with Gasteiger partial charge in [-0.15, -0.1) is 6.58 Å². The van der Waals surface area contributed by atoms with E-state index >= 15 is 0 Å². The topological polar surface area (TPSA) is 51.2 Å². The molecule has 144 valence electrons. The molecule has 0 amide bonds. The van der Waals surface area contributed by atoms with Crippen LogP contribution >= 0.6 is 0 Å². The Kier molecular flexibility index (Phi) is 5.90. The van der Waals surface area contributed by atoms with Crippen molar-refractivity contribution in [2.75, 3.05) is 34.4 Å². The van der Waals surface area contributed by atoms with Gasteiger partial charge in [0.05, 0.1) is 32.5 Å². The fraction of sp³-hybridized carbons (Fsp3) is 0.619. The Morgan fingerprint density at radius 3 is 2.50 bits per heavy atom. The molecular weight excluding hydrogens is 330 g/mol. The SMILES string of the molecule is C=CCOC1CCC(O)(C2CN(C)Cc3cc(OC)c(OC)cc32)CC1. The molecule has 0 bridgehead atoms. The molecule has 5 heteroatoms. The van der Waals surface area contributed by atoms with Crippen LogP contribution in [-0.2, 0) is 11.3 Å². The molecule has 26 heavy (non-hydrogen) atoms. The lowest BCUT2D eigenvalue weighted by Crippen LogP contribution is -2.48. The highest BCUT2D eigenvalue weighted by atomic mass is 16.5. The van der Waals surface area contributed by atoms with Crippen LogP contribution in [0.4, 0.5) is 0 Å². The van der Waals surface area contributed by atoms with Gasteiger partial charge in [-0.25, -0.2) is 0 Å². The minimum Gasteiger partial charge on any atom is -0.493 e. The van der Waals surface area contributed by atoms with E-state index in [0.717, 1.165) is 50.3 Å². The molecule has 1 aliphatic carbocycles. The van der Waals surface area contributed by atoms with Crippen LogP contribution in [0.3, 0.4) is 0 Å². The van der Waals surface area contributed by atoms with Crippen molar-refractivity contribution in [3.8, 4) is 11.5 Å². The second-order valence-corrected chi connectivity index (χ2v) is 7.58. The number of likely N-dealkylation sites (N-methyl/N-ethyl adjacent to an activating group) is 1. The molecule has 2 aliphatic rings. The molecule has 0 aromatic heterocycles. The summed E-state index contributed by atoms with van der Waals surface area (Å²) in [4.78, 5) is 2.27. The van der Waals surface area contributed by atoms with E-state index in [1.54, 1.807) is 20.3 Å². The second kappa shape index (κ2) is 7.99. The fourth-order valence-electron chi connectivity index (χ4n) is 4.43. The Bertz CT molecular complexity index is 637. The summed E-state index contributed by atoms with van der Waals surface area (Å²) >= 11 is 0. The molecule has 1 fully saturated rings. The van der Waals surface area contributed by atoms with Gasteiger partial charge in [-0.3, -0.25) is 0 Å². The normalized spacial score (nSPS) is 29.1. The van der Waals surface area contributed by atoms with Crippen molar-refractivity contribution in [3.05, 3.63) is 35.9 Å². The smallest absolute Gasteiger partial charge is 0.161 e. The average molecular weight is 361 g/mol.